The van der Waals surface area contributed by atoms with Gasteiger partial charge in [0, 0.05) is 0 Å². The molecule has 0 aromatic heterocycles. The highest BCUT2D eigenvalue weighted by Crippen LogP contribution is 2.30. The minimum absolute atomic E-state index is 0.381. The average molecular weight is 391 g/mol. The number of benzene rings is 2. The predicted octanol–water partition coefficient (Wildman–Crippen LogP) is 5.97. The average Bonchev–Trinajstić information content (AvgIpc) is 2.61. The summed E-state index contributed by atoms with van der Waals surface area (Å²) in [7, 11) is 0. The molecule has 1 unspecified atom stereocenters. The molecule has 0 saturated carbocycles. The number of carbonyl (C=O) groups is 1. The summed E-state index contributed by atoms with van der Waals surface area (Å²) in [6.07, 6.45) is 2.02. The van der Waals surface area contributed by atoms with E-state index in [1.54, 1.807) is 24.3 Å². The lowest BCUT2D eigenvalue weighted by Crippen LogP contribution is -2.09. The van der Waals surface area contributed by atoms with Gasteiger partial charge in [-0.05, 0) is 76.7 Å². The van der Waals surface area contributed by atoms with Crippen LogP contribution in [0.1, 0.15) is 55.5 Å². The lowest BCUT2D eigenvalue weighted by atomic mass is 9.99. The molecule has 0 amide bonds. The van der Waals surface area contributed by atoms with Crippen molar-refractivity contribution in [2.75, 3.05) is 6.61 Å². The van der Waals surface area contributed by atoms with Gasteiger partial charge in [-0.2, -0.15) is 0 Å². The topological polar surface area (TPSA) is 35.5 Å². The summed E-state index contributed by atoms with van der Waals surface area (Å²) < 4.78 is 11.8. The Labute approximate surface area is 152 Å². The summed E-state index contributed by atoms with van der Waals surface area (Å²) in [5.74, 6) is 1.38. The van der Waals surface area contributed by atoms with Crippen LogP contribution >= 0.6 is 15.9 Å². The fraction of sp³-hybridized carbons (Fsp3) is 0.350. The van der Waals surface area contributed by atoms with Crippen LogP contribution in [0.3, 0.4) is 0 Å². The monoisotopic (exact) mass is 390 g/mol. The van der Waals surface area contributed by atoms with Crippen LogP contribution in [0.4, 0.5) is 0 Å². The van der Waals surface area contributed by atoms with E-state index < -0.39 is 0 Å². The Morgan fingerprint density at radius 2 is 1.83 bits per heavy atom. The molecule has 0 aliphatic heterocycles. The lowest BCUT2D eigenvalue weighted by Gasteiger charge is -2.12. The van der Waals surface area contributed by atoms with Gasteiger partial charge in [0.1, 0.15) is 11.5 Å². The zero-order valence-electron chi connectivity index (χ0n) is 14.3. The molecule has 2 aromatic rings. The second-order valence-electron chi connectivity index (χ2n) is 5.76. The molecule has 4 heteroatoms. The van der Waals surface area contributed by atoms with Gasteiger partial charge in [0.05, 0.1) is 16.6 Å². The van der Waals surface area contributed by atoms with Crippen molar-refractivity contribution in [2.45, 2.75) is 39.5 Å². The largest absolute Gasteiger partial charge is 0.494 e. The lowest BCUT2D eigenvalue weighted by molar-refractivity contribution is 0.0733. The maximum absolute atomic E-state index is 12.3. The van der Waals surface area contributed by atoms with E-state index in [9.17, 15) is 4.79 Å². The highest BCUT2D eigenvalue weighted by atomic mass is 79.9. The van der Waals surface area contributed by atoms with E-state index in [0.717, 1.165) is 23.1 Å². The summed E-state index contributed by atoms with van der Waals surface area (Å²) in [5.41, 5.74) is 1.72. The molecule has 3 nitrogen and oxygen atoms in total. The number of hydrogen-bond donors (Lipinski definition) is 0. The van der Waals surface area contributed by atoms with Crippen molar-refractivity contribution in [3.63, 3.8) is 0 Å². The Balaban J connectivity index is 2.06. The number of carbonyl (C=O) groups excluding carboxylic acids is 1. The molecule has 0 aliphatic rings. The van der Waals surface area contributed by atoms with Crippen LogP contribution in [0.2, 0.25) is 0 Å². The van der Waals surface area contributed by atoms with E-state index in [0.29, 0.717) is 23.8 Å². The highest BCUT2D eigenvalue weighted by molar-refractivity contribution is 9.10. The van der Waals surface area contributed by atoms with Gasteiger partial charge in [0.2, 0.25) is 0 Å². The molecule has 2 rings (SSSR count). The molecule has 0 radical (unpaired) electrons. The number of hydrogen-bond acceptors (Lipinski definition) is 3. The van der Waals surface area contributed by atoms with Gasteiger partial charge in [-0.1, -0.05) is 26.8 Å². The molecule has 0 saturated heterocycles. The third-order valence-electron chi connectivity index (χ3n) is 3.90. The van der Waals surface area contributed by atoms with Crippen molar-refractivity contribution < 1.29 is 14.3 Å². The van der Waals surface area contributed by atoms with Crippen LogP contribution in [-0.2, 0) is 0 Å². The molecule has 1 atom stereocenters. The first-order chi connectivity index (χ1) is 11.5. The molecule has 0 N–H and O–H groups in total. The first kappa shape index (κ1) is 18.5. The summed E-state index contributed by atoms with van der Waals surface area (Å²) in [6, 6.07) is 12.9. The Kier molecular flexibility index (Phi) is 6.85. The Hall–Kier alpha value is -1.81. The maximum Gasteiger partial charge on any atom is 0.343 e. The SMILES string of the molecule is CCCOc1ccc(C(=O)Oc2ccc(C(C)CC)cc2Br)cc1. The molecule has 0 spiro atoms. The first-order valence-corrected chi connectivity index (χ1v) is 9.09. The molecular formula is C20H23BrO3. The van der Waals surface area contributed by atoms with Gasteiger partial charge >= 0.3 is 5.97 Å². The van der Waals surface area contributed by atoms with Crippen LogP contribution in [0, 0.1) is 0 Å². The summed E-state index contributed by atoms with van der Waals surface area (Å²) in [6.45, 7) is 7.05. The molecule has 0 fully saturated rings. The molecule has 2 aromatic carbocycles. The number of ether oxygens (including phenoxy) is 2. The van der Waals surface area contributed by atoms with E-state index in [2.05, 4.69) is 36.7 Å². The standard InChI is InChI=1S/C20H23BrO3/c1-4-12-23-17-9-6-15(7-10-17)20(22)24-19-11-8-16(13-18(19)21)14(3)5-2/h6-11,13-14H,4-5,12H2,1-3H3. The van der Waals surface area contributed by atoms with Crippen molar-refractivity contribution in [1.82, 2.24) is 0 Å². The first-order valence-electron chi connectivity index (χ1n) is 8.29. The van der Waals surface area contributed by atoms with Crippen LogP contribution in [0.15, 0.2) is 46.9 Å². The minimum Gasteiger partial charge on any atom is -0.494 e. The molecule has 24 heavy (non-hydrogen) atoms. The van der Waals surface area contributed by atoms with E-state index in [1.165, 1.54) is 5.56 Å². The number of halogens is 1. The van der Waals surface area contributed by atoms with Gasteiger partial charge < -0.3 is 9.47 Å². The summed E-state index contributed by atoms with van der Waals surface area (Å²) >= 11 is 3.49. The van der Waals surface area contributed by atoms with Gasteiger partial charge in [0.15, 0.2) is 0 Å². The predicted molar refractivity (Wildman–Crippen MR) is 100 cm³/mol. The van der Waals surface area contributed by atoms with Crippen molar-refractivity contribution in [1.29, 1.82) is 0 Å². The van der Waals surface area contributed by atoms with E-state index in [4.69, 9.17) is 9.47 Å². The fourth-order valence-corrected chi connectivity index (χ4v) is 2.69. The van der Waals surface area contributed by atoms with Gasteiger partial charge in [0.25, 0.3) is 0 Å². The van der Waals surface area contributed by atoms with Crippen LogP contribution in [-0.4, -0.2) is 12.6 Å². The van der Waals surface area contributed by atoms with Crippen LogP contribution in [0.25, 0.3) is 0 Å². The third kappa shape index (κ3) is 4.84. The molecule has 0 aliphatic carbocycles. The molecular weight excluding hydrogens is 368 g/mol. The Morgan fingerprint density at radius 1 is 1.12 bits per heavy atom. The molecule has 0 bridgehead atoms. The second kappa shape index (κ2) is 8.88. The van der Waals surface area contributed by atoms with Crippen molar-refractivity contribution >= 4 is 21.9 Å². The zero-order valence-corrected chi connectivity index (χ0v) is 15.9. The fourth-order valence-electron chi connectivity index (χ4n) is 2.21. The zero-order chi connectivity index (χ0) is 17.5. The van der Waals surface area contributed by atoms with Gasteiger partial charge in [-0.3, -0.25) is 0 Å². The smallest absolute Gasteiger partial charge is 0.343 e. The van der Waals surface area contributed by atoms with E-state index in [-0.39, 0.29) is 5.97 Å². The minimum atomic E-state index is -0.381. The summed E-state index contributed by atoms with van der Waals surface area (Å²) in [4.78, 5) is 12.3. The Bertz CT molecular complexity index is 680. The van der Waals surface area contributed by atoms with Crippen molar-refractivity contribution in [3.05, 3.63) is 58.1 Å². The van der Waals surface area contributed by atoms with Crippen molar-refractivity contribution in [2.24, 2.45) is 0 Å². The Morgan fingerprint density at radius 3 is 2.42 bits per heavy atom. The van der Waals surface area contributed by atoms with Crippen LogP contribution in [0.5, 0.6) is 11.5 Å². The maximum atomic E-state index is 12.3. The highest BCUT2D eigenvalue weighted by Gasteiger charge is 2.13. The second-order valence-corrected chi connectivity index (χ2v) is 6.62. The van der Waals surface area contributed by atoms with E-state index >= 15 is 0 Å². The quantitative estimate of drug-likeness (QED) is 0.431. The number of esters is 1. The van der Waals surface area contributed by atoms with Crippen LogP contribution < -0.4 is 9.47 Å². The summed E-state index contributed by atoms with van der Waals surface area (Å²) in [5, 5.41) is 0. The van der Waals surface area contributed by atoms with E-state index in [1.807, 2.05) is 18.2 Å². The van der Waals surface area contributed by atoms with Crippen molar-refractivity contribution in [3.8, 4) is 11.5 Å². The van der Waals surface area contributed by atoms with Gasteiger partial charge in [-0.25, -0.2) is 4.79 Å². The normalized spacial score (nSPS) is 11.8. The molecule has 0 heterocycles. The number of rotatable bonds is 7. The third-order valence-corrected chi connectivity index (χ3v) is 4.52. The molecule has 128 valence electrons. The van der Waals surface area contributed by atoms with Gasteiger partial charge in [-0.15, -0.1) is 0 Å².